The summed E-state index contributed by atoms with van der Waals surface area (Å²) in [5.41, 5.74) is 4.31. The van der Waals surface area contributed by atoms with Crippen molar-refractivity contribution in [2.45, 2.75) is 45.3 Å². The fraction of sp³-hybridized carbons (Fsp3) is 0.462. The average Bonchev–Trinajstić information content (AvgIpc) is 2.80. The summed E-state index contributed by atoms with van der Waals surface area (Å²) < 4.78 is 72.0. The molecule has 0 spiro atoms. The molecule has 0 radical (unpaired) electrons. The number of nitrogens with two attached hydrogens (primary N) is 1. The van der Waals surface area contributed by atoms with Crippen molar-refractivity contribution in [2.24, 2.45) is 5.41 Å². The van der Waals surface area contributed by atoms with E-state index in [-0.39, 0.29) is 16.7 Å². The van der Waals surface area contributed by atoms with Crippen LogP contribution in [0.15, 0.2) is 24.3 Å². The van der Waals surface area contributed by atoms with E-state index in [1.54, 1.807) is 26.2 Å². The van der Waals surface area contributed by atoms with Crippen molar-refractivity contribution < 1.29 is 31.8 Å². The van der Waals surface area contributed by atoms with E-state index in [9.17, 15) is 17.6 Å². The van der Waals surface area contributed by atoms with Crippen molar-refractivity contribution in [3.8, 4) is 11.5 Å². The minimum Gasteiger partial charge on any atom is -0.493 e. The molecule has 37 heavy (non-hydrogen) atoms. The van der Waals surface area contributed by atoms with Gasteiger partial charge in [0, 0.05) is 35.2 Å². The van der Waals surface area contributed by atoms with E-state index in [0.717, 1.165) is 19.3 Å². The van der Waals surface area contributed by atoms with E-state index in [2.05, 4.69) is 15.3 Å². The highest BCUT2D eigenvalue weighted by molar-refractivity contribution is 5.92. The van der Waals surface area contributed by atoms with Crippen LogP contribution in [0.2, 0.25) is 0 Å². The number of nitrogens with zero attached hydrogens (tertiary/aromatic N) is 2. The maximum atomic E-state index is 14.9. The monoisotopic (exact) mass is 522 g/mol. The molecule has 1 fully saturated rings. The smallest absolute Gasteiger partial charge is 0.419 e. The second-order valence-corrected chi connectivity index (χ2v) is 9.55. The highest BCUT2D eigenvalue weighted by Crippen LogP contribution is 2.43. The lowest BCUT2D eigenvalue weighted by Gasteiger charge is -2.40. The van der Waals surface area contributed by atoms with Gasteiger partial charge in [-0.05, 0) is 44.9 Å². The van der Waals surface area contributed by atoms with Crippen molar-refractivity contribution in [1.82, 2.24) is 9.97 Å². The molecule has 0 amide bonds. The quantitative estimate of drug-likeness (QED) is 0.261. The Labute approximate surface area is 212 Å². The molecule has 1 aliphatic rings. The molecule has 1 saturated carbocycles. The van der Waals surface area contributed by atoms with Crippen LogP contribution in [0.5, 0.6) is 11.5 Å². The first-order valence-corrected chi connectivity index (χ1v) is 11.9. The SMILES string of the molecule is COCC1(COc2cc3c(N[C@H](C)c4cc(N)cc(C(F)(F)F)c4F)nc(C)nc3cc2OC)CCC1. The van der Waals surface area contributed by atoms with E-state index in [0.29, 0.717) is 53.3 Å². The summed E-state index contributed by atoms with van der Waals surface area (Å²) >= 11 is 0. The van der Waals surface area contributed by atoms with Crippen molar-refractivity contribution in [3.63, 3.8) is 0 Å². The highest BCUT2D eigenvalue weighted by atomic mass is 19.4. The Hall–Kier alpha value is -3.34. The third kappa shape index (κ3) is 5.51. The van der Waals surface area contributed by atoms with Gasteiger partial charge in [-0.2, -0.15) is 13.2 Å². The zero-order valence-electron chi connectivity index (χ0n) is 21.1. The first-order chi connectivity index (χ1) is 17.5. The van der Waals surface area contributed by atoms with Crippen LogP contribution in [0.4, 0.5) is 29.1 Å². The van der Waals surface area contributed by atoms with Gasteiger partial charge in [0.25, 0.3) is 0 Å². The average molecular weight is 523 g/mol. The standard InChI is InChI=1S/C26H30F4N4O3/c1-14(17-8-16(31)9-19(23(17)27)26(28,29)30)32-24-18-10-22(37-13-25(12-35-3)6-5-7-25)21(36-4)11-20(18)33-15(2)34-24/h8-11,14H,5-7,12-13,31H2,1-4H3,(H,32,33,34)/t14-/m1/s1. The van der Waals surface area contributed by atoms with Crippen molar-refractivity contribution in [1.29, 1.82) is 0 Å². The first-order valence-electron chi connectivity index (χ1n) is 11.9. The van der Waals surface area contributed by atoms with Gasteiger partial charge in [0.05, 0.1) is 37.4 Å². The summed E-state index contributed by atoms with van der Waals surface area (Å²) in [6, 6.07) is 4.31. The Morgan fingerprint density at radius 2 is 1.81 bits per heavy atom. The summed E-state index contributed by atoms with van der Waals surface area (Å²) in [5, 5.41) is 3.58. The van der Waals surface area contributed by atoms with E-state index < -0.39 is 23.6 Å². The van der Waals surface area contributed by atoms with Gasteiger partial charge in [-0.15, -0.1) is 0 Å². The zero-order chi connectivity index (χ0) is 27.0. The third-order valence-electron chi connectivity index (χ3n) is 6.74. The summed E-state index contributed by atoms with van der Waals surface area (Å²) in [7, 11) is 3.19. The maximum absolute atomic E-state index is 14.9. The number of benzene rings is 2. The maximum Gasteiger partial charge on any atom is 0.419 e. The Kier molecular flexibility index (Phi) is 7.36. The van der Waals surface area contributed by atoms with E-state index in [1.165, 1.54) is 20.1 Å². The van der Waals surface area contributed by atoms with Gasteiger partial charge in [-0.3, -0.25) is 0 Å². The number of ether oxygens (including phenoxy) is 3. The van der Waals surface area contributed by atoms with E-state index in [1.807, 2.05) is 0 Å². The molecule has 0 saturated heterocycles. The molecule has 3 aromatic rings. The summed E-state index contributed by atoms with van der Waals surface area (Å²) in [4.78, 5) is 8.90. The number of aromatic nitrogens is 2. The lowest BCUT2D eigenvalue weighted by Crippen LogP contribution is -2.39. The van der Waals surface area contributed by atoms with Crippen LogP contribution in [0.25, 0.3) is 10.9 Å². The Morgan fingerprint density at radius 3 is 2.41 bits per heavy atom. The number of hydrogen-bond acceptors (Lipinski definition) is 7. The molecular formula is C26H30F4N4O3. The van der Waals surface area contributed by atoms with Crippen LogP contribution in [0, 0.1) is 18.2 Å². The molecule has 2 aromatic carbocycles. The molecule has 11 heteroatoms. The molecule has 4 rings (SSSR count). The number of fused-ring (bicyclic) bond motifs is 1. The largest absolute Gasteiger partial charge is 0.493 e. The Balaban J connectivity index is 1.70. The van der Waals surface area contributed by atoms with E-state index >= 15 is 0 Å². The van der Waals surface area contributed by atoms with Crippen molar-refractivity contribution in [3.05, 3.63) is 47.0 Å². The predicted molar refractivity (Wildman–Crippen MR) is 132 cm³/mol. The lowest BCUT2D eigenvalue weighted by molar-refractivity contribution is -0.140. The van der Waals surface area contributed by atoms with Gasteiger partial charge in [0.15, 0.2) is 11.5 Å². The van der Waals surface area contributed by atoms with Crippen molar-refractivity contribution in [2.75, 3.05) is 38.5 Å². The Morgan fingerprint density at radius 1 is 1.08 bits per heavy atom. The van der Waals surface area contributed by atoms with Gasteiger partial charge in [0.2, 0.25) is 0 Å². The topological polar surface area (TPSA) is 91.5 Å². The molecule has 1 heterocycles. The first kappa shape index (κ1) is 26.7. The molecule has 0 aliphatic heterocycles. The fourth-order valence-corrected chi connectivity index (χ4v) is 4.65. The molecule has 200 valence electrons. The number of alkyl halides is 3. The number of nitrogens with one attached hydrogen (secondary N) is 1. The highest BCUT2D eigenvalue weighted by Gasteiger charge is 2.38. The van der Waals surface area contributed by atoms with Crippen LogP contribution < -0.4 is 20.5 Å². The van der Waals surface area contributed by atoms with Gasteiger partial charge in [-0.25, -0.2) is 14.4 Å². The van der Waals surface area contributed by atoms with Crippen LogP contribution in [0.3, 0.4) is 0 Å². The molecule has 1 aliphatic carbocycles. The molecule has 3 N–H and O–H groups in total. The molecule has 0 unspecified atom stereocenters. The second-order valence-electron chi connectivity index (χ2n) is 9.55. The van der Waals surface area contributed by atoms with Gasteiger partial charge in [0.1, 0.15) is 17.5 Å². The molecule has 0 bridgehead atoms. The number of anilines is 2. The third-order valence-corrected chi connectivity index (χ3v) is 6.74. The second kappa shape index (κ2) is 10.2. The number of methoxy groups -OCH3 is 2. The normalized spacial score (nSPS) is 15.8. The molecule has 1 atom stereocenters. The number of nitrogen functional groups attached to an aromatic ring is 1. The molecule has 7 nitrogen and oxygen atoms in total. The summed E-state index contributed by atoms with van der Waals surface area (Å²) in [5.74, 6) is 0.290. The Bertz CT molecular complexity index is 1300. The van der Waals surface area contributed by atoms with Crippen LogP contribution in [-0.2, 0) is 10.9 Å². The summed E-state index contributed by atoms with van der Waals surface area (Å²) in [6.45, 7) is 4.23. The van der Waals surface area contributed by atoms with Gasteiger partial charge < -0.3 is 25.3 Å². The number of hydrogen-bond donors (Lipinski definition) is 2. The zero-order valence-corrected chi connectivity index (χ0v) is 21.1. The number of aryl methyl sites for hydroxylation is 1. The summed E-state index contributed by atoms with van der Waals surface area (Å²) in [6.07, 6.45) is -1.78. The predicted octanol–water partition coefficient (Wildman–Crippen LogP) is 6.06. The van der Waals surface area contributed by atoms with Crippen molar-refractivity contribution >= 4 is 22.4 Å². The van der Waals surface area contributed by atoms with Gasteiger partial charge >= 0.3 is 6.18 Å². The van der Waals surface area contributed by atoms with Crippen LogP contribution in [0.1, 0.15) is 49.2 Å². The minimum absolute atomic E-state index is 0.0605. The minimum atomic E-state index is -4.88. The van der Waals surface area contributed by atoms with E-state index in [4.69, 9.17) is 19.9 Å². The molecular weight excluding hydrogens is 492 g/mol. The molecule has 1 aromatic heterocycles. The van der Waals surface area contributed by atoms with Gasteiger partial charge in [-0.1, -0.05) is 6.42 Å². The number of rotatable bonds is 9. The fourth-order valence-electron chi connectivity index (χ4n) is 4.65. The number of halogens is 4. The van der Waals surface area contributed by atoms with Crippen LogP contribution >= 0.6 is 0 Å². The lowest BCUT2D eigenvalue weighted by atomic mass is 9.70. The van der Waals surface area contributed by atoms with Crippen LogP contribution in [-0.4, -0.2) is 37.4 Å².